The molecule has 0 spiro atoms. The van der Waals surface area contributed by atoms with Gasteiger partial charge in [0.05, 0.1) is 16.0 Å². The number of carbonyl (C=O) groups excluding carboxylic acids is 1. The van der Waals surface area contributed by atoms with E-state index >= 15 is 0 Å². The third-order valence-electron chi connectivity index (χ3n) is 3.41. The lowest BCUT2D eigenvalue weighted by atomic mass is 10.2. The molecule has 0 bridgehead atoms. The molecule has 1 amide bonds. The number of amides is 1. The van der Waals surface area contributed by atoms with Crippen molar-refractivity contribution in [2.75, 3.05) is 14.1 Å². The predicted octanol–water partition coefficient (Wildman–Crippen LogP) is 2.77. The molecule has 0 radical (unpaired) electrons. The number of nitrogens with one attached hydrogen (secondary N) is 2. The van der Waals surface area contributed by atoms with Gasteiger partial charge in [0.25, 0.3) is 5.91 Å². The topological polar surface area (TPSA) is 84.5 Å². The van der Waals surface area contributed by atoms with E-state index in [1.165, 1.54) is 26.2 Å². The van der Waals surface area contributed by atoms with Gasteiger partial charge in [-0.3, -0.25) is 4.79 Å². The molecule has 2 aromatic carbocycles. The SMILES string of the molecule is CNC(=O)c1cc(S(=O)(=O)NC)ccc1Oc1ccc(C(F)(F)F)cc1. The number of alkyl halides is 3. The first-order chi connectivity index (χ1) is 12.1. The molecule has 0 saturated carbocycles. The van der Waals surface area contributed by atoms with Crippen LogP contribution >= 0.6 is 0 Å². The van der Waals surface area contributed by atoms with E-state index < -0.39 is 27.7 Å². The van der Waals surface area contributed by atoms with Gasteiger partial charge in [-0.25, -0.2) is 13.1 Å². The first-order valence-corrected chi connectivity index (χ1v) is 8.71. The van der Waals surface area contributed by atoms with E-state index in [0.717, 1.165) is 30.3 Å². The summed E-state index contributed by atoms with van der Waals surface area (Å²) in [5, 5.41) is 2.35. The van der Waals surface area contributed by atoms with Crippen LogP contribution in [0.3, 0.4) is 0 Å². The summed E-state index contributed by atoms with van der Waals surface area (Å²) in [6, 6.07) is 7.49. The van der Waals surface area contributed by atoms with E-state index in [1.807, 2.05) is 0 Å². The van der Waals surface area contributed by atoms with Crippen LogP contribution < -0.4 is 14.8 Å². The standard InChI is InChI=1S/C16H15F3N2O4S/c1-20-15(22)13-9-12(26(23,24)21-2)7-8-14(13)25-11-5-3-10(4-6-11)16(17,18)19/h3-9,21H,1-2H3,(H,20,22). The van der Waals surface area contributed by atoms with E-state index in [1.54, 1.807) is 0 Å². The Kier molecular flexibility index (Phi) is 5.57. The van der Waals surface area contributed by atoms with Gasteiger partial charge in [-0.1, -0.05) is 0 Å². The average molecular weight is 388 g/mol. The van der Waals surface area contributed by atoms with Gasteiger partial charge in [0.15, 0.2) is 0 Å². The Bertz CT molecular complexity index is 910. The Morgan fingerprint density at radius 2 is 1.65 bits per heavy atom. The summed E-state index contributed by atoms with van der Waals surface area (Å²) < 4.78 is 69.1. The van der Waals surface area contributed by atoms with Crippen molar-refractivity contribution >= 4 is 15.9 Å². The number of hydrogen-bond acceptors (Lipinski definition) is 4. The van der Waals surface area contributed by atoms with Gasteiger partial charge in [0, 0.05) is 7.05 Å². The number of ether oxygens (including phenoxy) is 1. The molecule has 2 N–H and O–H groups in total. The van der Waals surface area contributed by atoms with Crippen LogP contribution in [0, 0.1) is 0 Å². The fraction of sp³-hybridized carbons (Fsp3) is 0.188. The van der Waals surface area contributed by atoms with Crippen molar-refractivity contribution in [1.29, 1.82) is 0 Å². The van der Waals surface area contributed by atoms with Gasteiger partial charge < -0.3 is 10.1 Å². The lowest BCUT2D eigenvalue weighted by molar-refractivity contribution is -0.137. The van der Waals surface area contributed by atoms with E-state index in [9.17, 15) is 26.4 Å². The Hall–Kier alpha value is -2.59. The fourth-order valence-electron chi connectivity index (χ4n) is 2.03. The number of halogens is 3. The van der Waals surface area contributed by atoms with Crippen molar-refractivity contribution in [3.63, 3.8) is 0 Å². The summed E-state index contributed by atoms with van der Waals surface area (Å²) in [5.74, 6) is -0.549. The zero-order chi connectivity index (χ0) is 19.5. The summed E-state index contributed by atoms with van der Waals surface area (Å²) in [6.07, 6.45) is -4.48. The lowest BCUT2D eigenvalue weighted by Gasteiger charge is -2.13. The molecular formula is C16H15F3N2O4S. The highest BCUT2D eigenvalue weighted by Crippen LogP contribution is 2.32. The zero-order valence-electron chi connectivity index (χ0n) is 13.7. The zero-order valence-corrected chi connectivity index (χ0v) is 14.5. The van der Waals surface area contributed by atoms with Gasteiger partial charge in [-0.15, -0.1) is 0 Å². The Morgan fingerprint density at radius 1 is 1.04 bits per heavy atom. The number of benzene rings is 2. The minimum atomic E-state index is -4.48. The summed E-state index contributed by atoms with van der Waals surface area (Å²) >= 11 is 0. The van der Waals surface area contributed by atoms with E-state index in [0.29, 0.717) is 0 Å². The van der Waals surface area contributed by atoms with Crippen LogP contribution in [0.2, 0.25) is 0 Å². The molecule has 2 aromatic rings. The highest BCUT2D eigenvalue weighted by molar-refractivity contribution is 7.89. The maximum absolute atomic E-state index is 12.6. The molecule has 10 heteroatoms. The first kappa shape index (κ1) is 19.7. The molecule has 26 heavy (non-hydrogen) atoms. The average Bonchev–Trinajstić information content (AvgIpc) is 2.61. The molecule has 140 valence electrons. The highest BCUT2D eigenvalue weighted by Gasteiger charge is 2.30. The fourth-order valence-corrected chi connectivity index (χ4v) is 2.79. The molecule has 0 heterocycles. The Balaban J connectivity index is 2.41. The second-order valence-corrected chi connectivity index (χ2v) is 6.96. The molecule has 6 nitrogen and oxygen atoms in total. The number of sulfonamides is 1. The Morgan fingerprint density at radius 3 is 2.15 bits per heavy atom. The molecule has 2 rings (SSSR count). The van der Waals surface area contributed by atoms with Crippen molar-refractivity contribution in [1.82, 2.24) is 10.0 Å². The number of carbonyl (C=O) groups is 1. The molecule has 0 aliphatic heterocycles. The summed E-state index contributed by atoms with van der Waals surface area (Å²) in [6.45, 7) is 0. The molecule has 0 aromatic heterocycles. The first-order valence-electron chi connectivity index (χ1n) is 7.23. The van der Waals surface area contributed by atoms with Gasteiger partial charge in [-0.05, 0) is 49.5 Å². The number of rotatable bonds is 5. The highest BCUT2D eigenvalue weighted by atomic mass is 32.2. The van der Waals surface area contributed by atoms with E-state index in [2.05, 4.69) is 10.0 Å². The minimum Gasteiger partial charge on any atom is -0.457 e. The summed E-state index contributed by atoms with van der Waals surface area (Å²) in [5.41, 5.74) is -0.921. The Labute approximate surface area is 148 Å². The molecule has 0 fully saturated rings. The quantitative estimate of drug-likeness (QED) is 0.825. The largest absolute Gasteiger partial charge is 0.457 e. The van der Waals surface area contributed by atoms with Crippen LogP contribution in [-0.2, 0) is 16.2 Å². The monoisotopic (exact) mass is 388 g/mol. The van der Waals surface area contributed by atoms with Crippen molar-refractivity contribution in [2.45, 2.75) is 11.1 Å². The van der Waals surface area contributed by atoms with E-state index in [4.69, 9.17) is 4.74 Å². The molecule has 0 saturated heterocycles. The second-order valence-electron chi connectivity index (χ2n) is 5.07. The second kappa shape index (κ2) is 7.34. The van der Waals surface area contributed by atoms with Gasteiger partial charge in [0.2, 0.25) is 10.0 Å². The van der Waals surface area contributed by atoms with Crippen LogP contribution in [0.4, 0.5) is 13.2 Å². The third-order valence-corrected chi connectivity index (χ3v) is 4.82. The maximum atomic E-state index is 12.6. The maximum Gasteiger partial charge on any atom is 0.416 e. The van der Waals surface area contributed by atoms with Crippen LogP contribution in [0.15, 0.2) is 47.4 Å². The lowest BCUT2D eigenvalue weighted by Crippen LogP contribution is -2.22. The molecule has 0 aliphatic carbocycles. The van der Waals surface area contributed by atoms with Crippen molar-refractivity contribution < 1.29 is 31.1 Å². The smallest absolute Gasteiger partial charge is 0.416 e. The van der Waals surface area contributed by atoms with Crippen LogP contribution in [0.25, 0.3) is 0 Å². The van der Waals surface area contributed by atoms with Gasteiger partial charge in [0.1, 0.15) is 11.5 Å². The van der Waals surface area contributed by atoms with Crippen molar-refractivity contribution in [3.05, 3.63) is 53.6 Å². The normalized spacial score (nSPS) is 11.9. The summed E-state index contributed by atoms with van der Waals surface area (Å²) in [4.78, 5) is 11.9. The molecule has 0 unspecified atom stereocenters. The van der Waals surface area contributed by atoms with Gasteiger partial charge in [-0.2, -0.15) is 13.2 Å². The summed E-state index contributed by atoms with van der Waals surface area (Å²) in [7, 11) is -1.21. The molecule has 0 aliphatic rings. The van der Waals surface area contributed by atoms with Crippen LogP contribution in [0.1, 0.15) is 15.9 Å². The van der Waals surface area contributed by atoms with Crippen molar-refractivity contribution in [3.8, 4) is 11.5 Å². The molecule has 0 atom stereocenters. The number of hydrogen-bond donors (Lipinski definition) is 2. The van der Waals surface area contributed by atoms with Crippen LogP contribution in [0.5, 0.6) is 11.5 Å². The van der Waals surface area contributed by atoms with Crippen LogP contribution in [-0.4, -0.2) is 28.4 Å². The predicted molar refractivity (Wildman–Crippen MR) is 87.6 cm³/mol. The molecular weight excluding hydrogens is 373 g/mol. The third kappa shape index (κ3) is 4.33. The minimum absolute atomic E-state index is 0.000776. The van der Waals surface area contributed by atoms with E-state index in [-0.39, 0.29) is 22.0 Å². The van der Waals surface area contributed by atoms with Gasteiger partial charge >= 0.3 is 6.18 Å². The van der Waals surface area contributed by atoms with Crippen molar-refractivity contribution in [2.24, 2.45) is 0 Å².